The summed E-state index contributed by atoms with van der Waals surface area (Å²) in [6.45, 7) is 0.292. The highest BCUT2D eigenvalue weighted by Crippen LogP contribution is 2.38. The number of ether oxygens (including phenoxy) is 3. The molecule has 0 atom stereocenters. The molecule has 3 aromatic carbocycles. The largest absolute Gasteiger partial charge is 0.493 e. The number of para-hydroxylation sites is 2. The number of methoxy groups -OCH3 is 2. The van der Waals surface area contributed by atoms with E-state index in [1.165, 1.54) is 11.3 Å². The Balaban J connectivity index is 1.57. The number of nitrogens with zero attached hydrogens (tertiary/aromatic N) is 3. The molecule has 2 aromatic heterocycles. The van der Waals surface area contributed by atoms with E-state index in [0.29, 0.717) is 45.8 Å². The van der Waals surface area contributed by atoms with E-state index in [1.807, 2.05) is 66.7 Å². The topological polar surface area (TPSA) is 73.8 Å². The number of amides is 1. The summed E-state index contributed by atoms with van der Waals surface area (Å²) < 4.78 is 17.8. The molecule has 0 N–H and O–H groups in total. The maximum absolute atomic E-state index is 14.0. The zero-order valence-electron chi connectivity index (χ0n) is 19.8. The van der Waals surface area contributed by atoms with E-state index >= 15 is 0 Å². The van der Waals surface area contributed by atoms with Gasteiger partial charge < -0.3 is 14.2 Å². The maximum Gasteiger partial charge on any atom is 0.264 e. The van der Waals surface area contributed by atoms with Crippen molar-refractivity contribution in [3.63, 3.8) is 0 Å². The second-order valence-electron chi connectivity index (χ2n) is 7.84. The van der Waals surface area contributed by atoms with Gasteiger partial charge in [-0.1, -0.05) is 47.7 Å². The van der Waals surface area contributed by atoms with Crippen LogP contribution in [0.25, 0.3) is 10.2 Å². The van der Waals surface area contributed by atoms with Crippen LogP contribution < -0.4 is 19.1 Å². The van der Waals surface area contributed by atoms with Gasteiger partial charge in [-0.05, 0) is 35.9 Å². The van der Waals surface area contributed by atoms with E-state index in [-0.39, 0.29) is 5.91 Å². The zero-order valence-corrected chi connectivity index (χ0v) is 20.6. The number of anilines is 1. The summed E-state index contributed by atoms with van der Waals surface area (Å²) in [5.74, 6) is 2.06. The summed E-state index contributed by atoms with van der Waals surface area (Å²) in [5, 5.41) is 0.545. The third kappa shape index (κ3) is 4.85. The predicted octanol–water partition coefficient (Wildman–Crippen LogP) is 6.35. The summed E-state index contributed by atoms with van der Waals surface area (Å²) in [5.41, 5.74) is 2.02. The van der Waals surface area contributed by atoms with Gasteiger partial charge in [-0.3, -0.25) is 14.7 Å². The van der Waals surface area contributed by atoms with Gasteiger partial charge in [0.15, 0.2) is 16.6 Å². The van der Waals surface area contributed by atoms with Crippen LogP contribution >= 0.6 is 11.3 Å². The molecule has 1 amide bonds. The highest BCUT2D eigenvalue weighted by Gasteiger charge is 2.25. The van der Waals surface area contributed by atoms with E-state index in [1.54, 1.807) is 43.6 Å². The van der Waals surface area contributed by atoms with Crippen molar-refractivity contribution in [2.45, 2.75) is 6.54 Å². The van der Waals surface area contributed by atoms with E-state index in [0.717, 1.165) is 10.3 Å². The highest BCUT2D eigenvalue weighted by molar-refractivity contribution is 7.22. The highest BCUT2D eigenvalue weighted by atomic mass is 32.1. The van der Waals surface area contributed by atoms with Gasteiger partial charge in [0.2, 0.25) is 0 Å². The third-order valence-corrected chi connectivity index (χ3v) is 6.55. The fourth-order valence-corrected chi connectivity index (χ4v) is 4.73. The van der Waals surface area contributed by atoms with Gasteiger partial charge in [0.25, 0.3) is 5.91 Å². The fraction of sp³-hybridized carbons (Fsp3) is 0.107. The number of hydrogen-bond donors (Lipinski definition) is 0. The average molecular weight is 498 g/mol. The molecule has 5 rings (SSSR count). The lowest BCUT2D eigenvalue weighted by molar-refractivity contribution is 0.0983. The molecule has 0 saturated carbocycles. The maximum atomic E-state index is 14.0. The van der Waals surface area contributed by atoms with Gasteiger partial charge >= 0.3 is 0 Å². The summed E-state index contributed by atoms with van der Waals surface area (Å²) in [7, 11) is 3.17. The molecular weight excluding hydrogens is 474 g/mol. The molecule has 0 unspecified atom stereocenters. The lowest BCUT2D eigenvalue weighted by Gasteiger charge is -2.21. The minimum absolute atomic E-state index is 0.233. The number of carbonyl (C=O) groups is 1. The fourth-order valence-electron chi connectivity index (χ4n) is 3.75. The summed E-state index contributed by atoms with van der Waals surface area (Å²) in [6.07, 6.45) is 3.45. The number of pyridine rings is 1. The molecule has 0 fully saturated rings. The molecule has 0 bridgehead atoms. The standard InChI is InChI=1S/C28H23N3O4S/c1-33-24-15-22-26(16-25(24)34-2)36-28(30-22)31(18-19-9-8-14-29-17-19)27(32)21-12-6-7-13-23(21)35-20-10-4-3-5-11-20/h3-17H,18H2,1-2H3. The lowest BCUT2D eigenvalue weighted by Crippen LogP contribution is -2.30. The predicted molar refractivity (Wildman–Crippen MR) is 140 cm³/mol. The molecule has 180 valence electrons. The molecule has 5 aromatic rings. The Bertz CT molecular complexity index is 1450. The molecule has 36 heavy (non-hydrogen) atoms. The van der Waals surface area contributed by atoms with E-state index < -0.39 is 0 Å². The van der Waals surface area contributed by atoms with Crippen LogP contribution in [0.3, 0.4) is 0 Å². The molecule has 0 saturated heterocycles. The van der Waals surface area contributed by atoms with Crippen molar-refractivity contribution in [1.29, 1.82) is 0 Å². The van der Waals surface area contributed by atoms with Crippen LogP contribution in [0.2, 0.25) is 0 Å². The Kier molecular flexibility index (Phi) is 6.77. The van der Waals surface area contributed by atoms with Crippen LogP contribution in [-0.2, 0) is 6.54 Å². The molecule has 0 spiro atoms. The van der Waals surface area contributed by atoms with Gasteiger partial charge in [0, 0.05) is 24.5 Å². The molecule has 7 nitrogen and oxygen atoms in total. The van der Waals surface area contributed by atoms with Crippen LogP contribution in [0.15, 0.2) is 91.3 Å². The first kappa shape index (κ1) is 23.3. The molecule has 0 aliphatic heterocycles. The Labute approximate surface area is 212 Å². The monoisotopic (exact) mass is 497 g/mol. The van der Waals surface area contributed by atoms with Gasteiger partial charge in [-0.2, -0.15) is 0 Å². The van der Waals surface area contributed by atoms with Crippen molar-refractivity contribution in [2.75, 3.05) is 19.1 Å². The van der Waals surface area contributed by atoms with Crippen LogP contribution in [0.4, 0.5) is 5.13 Å². The Hall–Kier alpha value is -4.43. The second-order valence-corrected chi connectivity index (χ2v) is 8.84. The van der Waals surface area contributed by atoms with Gasteiger partial charge in [0.05, 0.1) is 36.5 Å². The molecule has 0 aliphatic carbocycles. The smallest absolute Gasteiger partial charge is 0.264 e. The van der Waals surface area contributed by atoms with Gasteiger partial charge in [-0.15, -0.1) is 0 Å². The first-order chi connectivity index (χ1) is 17.7. The summed E-state index contributed by atoms with van der Waals surface area (Å²) in [4.78, 5) is 24.7. The quantitative estimate of drug-likeness (QED) is 0.249. The molecular formula is C28H23N3O4S. The molecule has 0 aliphatic rings. The first-order valence-corrected chi connectivity index (χ1v) is 12.0. The minimum atomic E-state index is -0.233. The van der Waals surface area contributed by atoms with Crippen molar-refractivity contribution in [3.05, 3.63) is 102 Å². The van der Waals surface area contributed by atoms with Crippen molar-refractivity contribution in [2.24, 2.45) is 0 Å². The van der Waals surface area contributed by atoms with Crippen molar-refractivity contribution < 1.29 is 19.0 Å². The normalized spacial score (nSPS) is 10.7. The van der Waals surface area contributed by atoms with Crippen LogP contribution in [-0.4, -0.2) is 30.1 Å². The molecule has 8 heteroatoms. The van der Waals surface area contributed by atoms with Crippen molar-refractivity contribution in [1.82, 2.24) is 9.97 Å². The van der Waals surface area contributed by atoms with Gasteiger partial charge in [0.1, 0.15) is 11.5 Å². The second kappa shape index (κ2) is 10.5. The average Bonchev–Trinajstić information content (AvgIpc) is 3.34. The number of hydrogen-bond acceptors (Lipinski definition) is 7. The van der Waals surface area contributed by atoms with Crippen LogP contribution in [0.5, 0.6) is 23.0 Å². The third-order valence-electron chi connectivity index (χ3n) is 5.51. The van der Waals surface area contributed by atoms with Crippen molar-refractivity contribution >= 4 is 32.6 Å². The number of fused-ring (bicyclic) bond motifs is 1. The summed E-state index contributed by atoms with van der Waals surface area (Å²) >= 11 is 1.40. The zero-order chi connectivity index (χ0) is 24.9. The van der Waals surface area contributed by atoms with E-state index in [9.17, 15) is 4.79 Å². The van der Waals surface area contributed by atoms with E-state index in [2.05, 4.69) is 4.98 Å². The minimum Gasteiger partial charge on any atom is -0.493 e. The summed E-state index contributed by atoms with van der Waals surface area (Å²) in [6, 6.07) is 24.1. The first-order valence-electron chi connectivity index (χ1n) is 11.2. The van der Waals surface area contributed by atoms with E-state index in [4.69, 9.17) is 19.2 Å². The number of rotatable bonds is 8. The molecule has 2 heterocycles. The van der Waals surface area contributed by atoms with Crippen LogP contribution in [0.1, 0.15) is 15.9 Å². The number of benzene rings is 3. The Morgan fingerprint density at radius 1 is 0.889 bits per heavy atom. The van der Waals surface area contributed by atoms with Crippen molar-refractivity contribution in [3.8, 4) is 23.0 Å². The SMILES string of the molecule is COc1cc2nc(N(Cc3cccnc3)C(=O)c3ccccc3Oc3ccccc3)sc2cc1OC. The van der Waals surface area contributed by atoms with Crippen LogP contribution in [0, 0.1) is 0 Å². The number of thiazole rings is 1. The Morgan fingerprint density at radius 3 is 2.39 bits per heavy atom. The lowest BCUT2D eigenvalue weighted by atomic mass is 10.1. The molecule has 0 radical (unpaired) electrons. The Morgan fingerprint density at radius 2 is 1.64 bits per heavy atom. The van der Waals surface area contributed by atoms with Gasteiger partial charge in [-0.25, -0.2) is 4.98 Å². The number of carbonyl (C=O) groups excluding carboxylic acids is 1. The number of aromatic nitrogens is 2.